The van der Waals surface area contributed by atoms with E-state index in [1.54, 1.807) is 17.5 Å². The van der Waals surface area contributed by atoms with E-state index in [1.165, 1.54) is 36.2 Å². The largest absolute Gasteiger partial charge is 0.476 e. The molecule has 5 aromatic rings. The van der Waals surface area contributed by atoms with Gasteiger partial charge in [0.05, 0.1) is 16.3 Å². The zero-order chi connectivity index (χ0) is 29.5. The van der Waals surface area contributed by atoms with Gasteiger partial charge in [-0.25, -0.2) is 18.9 Å². The average molecular weight is 611 g/mol. The number of halogens is 1. The predicted molar refractivity (Wildman–Crippen MR) is 169 cm³/mol. The molecule has 2 heterocycles. The van der Waals surface area contributed by atoms with Crippen molar-refractivity contribution in [3.05, 3.63) is 106 Å². The van der Waals surface area contributed by atoms with Crippen LogP contribution in [-0.2, 0) is 12.8 Å². The molecule has 0 radical (unpaired) electrons. The molecule has 0 atom stereocenters. The molecule has 3 aromatic carbocycles. The second-order valence-corrected chi connectivity index (χ2v) is 13.1. The third kappa shape index (κ3) is 5.77. The van der Waals surface area contributed by atoms with Crippen LogP contribution in [0.15, 0.2) is 77.0 Å². The van der Waals surface area contributed by atoms with Crippen LogP contribution >= 0.6 is 23.3 Å². The molecule has 2 aliphatic rings. The molecule has 2 aliphatic carbocycles. The van der Waals surface area contributed by atoms with Gasteiger partial charge >= 0.3 is 5.97 Å². The molecule has 0 aliphatic heterocycles. The van der Waals surface area contributed by atoms with E-state index in [4.69, 9.17) is 10.2 Å². The molecular weight excluding hydrogens is 580 g/mol. The van der Waals surface area contributed by atoms with E-state index in [9.17, 15) is 14.3 Å². The van der Waals surface area contributed by atoms with Gasteiger partial charge in [0.15, 0.2) is 5.69 Å². The van der Waals surface area contributed by atoms with Crippen molar-refractivity contribution in [1.82, 2.24) is 14.8 Å². The van der Waals surface area contributed by atoms with E-state index in [2.05, 4.69) is 47.4 Å². The van der Waals surface area contributed by atoms with E-state index in [0.29, 0.717) is 28.3 Å². The fraction of sp³-hybridized carbons (Fsp3) is 0.265. The number of carboxylic acid groups (broad SMARTS) is 1. The van der Waals surface area contributed by atoms with E-state index in [1.807, 2.05) is 16.8 Å². The first-order valence-electron chi connectivity index (χ1n) is 14.6. The van der Waals surface area contributed by atoms with Crippen molar-refractivity contribution in [2.24, 2.45) is 11.1 Å². The standard InChI is InChI=1S/C34H31FN4O2S2/c35-28-16-21(9-14-31(28)43-36)15-27-30(17-20-7-8-20)39(34-37-29(19-42-34)33(40)41)38-32(27)26-6-2-5-25(18-26)24-12-10-23(11-13-24)22-3-1-4-22/h2,5-6,9-14,16,18-20,22H,1,3-4,7-8,15,17,36H2,(H,40,41). The molecular formula is C34H31FN4O2S2. The van der Waals surface area contributed by atoms with E-state index in [0.717, 1.165) is 70.4 Å². The van der Waals surface area contributed by atoms with Gasteiger partial charge in [-0.15, -0.1) is 11.3 Å². The summed E-state index contributed by atoms with van der Waals surface area (Å²) in [6.07, 6.45) is 7.41. The molecule has 0 unspecified atom stereocenters. The Hall–Kier alpha value is -3.79. The van der Waals surface area contributed by atoms with Crippen molar-refractivity contribution < 1.29 is 14.3 Å². The highest BCUT2D eigenvalue weighted by Gasteiger charge is 2.29. The molecule has 0 spiro atoms. The monoisotopic (exact) mass is 610 g/mol. The van der Waals surface area contributed by atoms with Crippen molar-refractivity contribution in [3.63, 3.8) is 0 Å². The number of aromatic nitrogens is 3. The van der Waals surface area contributed by atoms with Gasteiger partial charge in [-0.2, -0.15) is 5.10 Å². The Morgan fingerprint density at radius 1 is 1.02 bits per heavy atom. The highest BCUT2D eigenvalue weighted by atomic mass is 32.2. The SMILES string of the molecule is NSc1ccc(Cc2c(-c3cccc(-c4ccc(C5CCC5)cc4)c3)nn(-c3nc(C(=O)O)cs3)c2CC2CC2)cc1F. The van der Waals surface area contributed by atoms with Crippen LogP contribution in [0.4, 0.5) is 4.39 Å². The Labute approximate surface area is 257 Å². The fourth-order valence-electron chi connectivity index (χ4n) is 5.82. The number of carboxylic acids is 1. The molecule has 0 bridgehead atoms. The van der Waals surface area contributed by atoms with Crippen molar-refractivity contribution >= 4 is 29.3 Å². The van der Waals surface area contributed by atoms with Gasteiger partial charge in [-0.3, -0.25) is 5.14 Å². The van der Waals surface area contributed by atoms with Gasteiger partial charge in [0, 0.05) is 22.9 Å². The minimum absolute atomic E-state index is 0.000242. The van der Waals surface area contributed by atoms with Gasteiger partial charge in [-0.05, 0) is 96.3 Å². The van der Waals surface area contributed by atoms with Crippen LogP contribution < -0.4 is 5.14 Å². The maximum Gasteiger partial charge on any atom is 0.355 e. The Balaban J connectivity index is 1.34. The highest BCUT2D eigenvalue weighted by Crippen LogP contribution is 2.40. The van der Waals surface area contributed by atoms with E-state index < -0.39 is 5.97 Å². The first-order valence-corrected chi connectivity index (χ1v) is 16.4. The minimum Gasteiger partial charge on any atom is -0.476 e. The van der Waals surface area contributed by atoms with Crippen LogP contribution in [0.1, 0.15) is 70.9 Å². The number of carbonyl (C=O) groups is 1. The van der Waals surface area contributed by atoms with Gasteiger partial charge in [0.1, 0.15) is 5.82 Å². The zero-order valence-electron chi connectivity index (χ0n) is 23.5. The number of benzene rings is 3. The van der Waals surface area contributed by atoms with Gasteiger partial charge in [0.2, 0.25) is 5.13 Å². The fourth-order valence-corrected chi connectivity index (χ4v) is 6.91. The summed E-state index contributed by atoms with van der Waals surface area (Å²) in [5.74, 6) is -0.190. The van der Waals surface area contributed by atoms with Crippen molar-refractivity contribution in [1.29, 1.82) is 0 Å². The number of nitrogens with zero attached hydrogens (tertiary/aromatic N) is 3. The van der Waals surface area contributed by atoms with Gasteiger partial charge in [-0.1, -0.05) is 55.0 Å². The van der Waals surface area contributed by atoms with Crippen LogP contribution in [0.3, 0.4) is 0 Å². The normalized spacial score (nSPS) is 15.0. The third-order valence-corrected chi connectivity index (χ3v) is 10.0. The van der Waals surface area contributed by atoms with Crippen LogP contribution in [0, 0.1) is 11.7 Å². The van der Waals surface area contributed by atoms with Crippen LogP contribution in [0.2, 0.25) is 0 Å². The molecule has 0 saturated heterocycles. The summed E-state index contributed by atoms with van der Waals surface area (Å²) < 4.78 is 16.6. The molecule has 9 heteroatoms. The molecule has 218 valence electrons. The Kier molecular flexibility index (Phi) is 7.63. The molecule has 2 fully saturated rings. The molecule has 43 heavy (non-hydrogen) atoms. The summed E-state index contributed by atoms with van der Waals surface area (Å²) >= 11 is 2.16. The minimum atomic E-state index is -1.07. The lowest BCUT2D eigenvalue weighted by Crippen LogP contribution is -2.08. The second kappa shape index (κ2) is 11.7. The quantitative estimate of drug-likeness (QED) is 0.155. The highest BCUT2D eigenvalue weighted by molar-refractivity contribution is 7.97. The zero-order valence-corrected chi connectivity index (χ0v) is 25.1. The lowest BCUT2D eigenvalue weighted by atomic mass is 9.80. The number of aromatic carboxylic acids is 1. The van der Waals surface area contributed by atoms with Crippen molar-refractivity contribution in [3.8, 4) is 27.5 Å². The first-order chi connectivity index (χ1) is 21.0. The summed E-state index contributed by atoms with van der Waals surface area (Å²) in [5, 5.41) is 22.4. The predicted octanol–water partition coefficient (Wildman–Crippen LogP) is 8.28. The molecule has 7 rings (SSSR count). The molecule has 2 saturated carbocycles. The summed E-state index contributed by atoms with van der Waals surface area (Å²) in [6, 6.07) is 22.5. The maximum atomic E-state index is 14.8. The Bertz CT molecular complexity index is 1810. The number of hydrogen-bond acceptors (Lipinski definition) is 6. The molecule has 6 nitrogen and oxygen atoms in total. The smallest absolute Gasteiger partial charge is 0.355 e. The van der Waals surface area contributed by atoms with Crippen molar-refractivity contribution in [2.75, 3.05) is 0 Å². The lowest BCUT2D eigenvalue weighted by molar-refractivity contribution is 0.0691. The summed E-state index contributed by atoms with van der Waals surface area (Å²) in [4.78, 5) is 16.5. The molecule has 0 amide bonds. The summed E-state index contributed by atoms with van der Waals surface area (Å²) in [6.45, 7) is 0. The number of thiazole rings is 1. The van der Waals surface area contributed by atoms with Gasteiger partial charge < -0.3 is 5.11 Å². The third-order valence-electron chi connectivity index (χ3n) is 8.62. The lowest BCUT2D eigenvalue weighted by Gasteiger charge is -2.25. The number of hydrogen-bond donors (Lipinski definition) is 2. The molecule has 3 N–H and O–H groups in total. The number of nitrogens with two attached hydrogens (primary N) is 1. The number of rotatable bonds is 10. The van der Waals surface area contributed by atoms with Crippen LogP contribution in [-0.4, -0.2) is 25.8 Å². The molecule has 2 aromatic heterocycles. The topological polar surface area (TPSA) is 94.0 Å². The summed E-state index contributed by atoms with van der Waals surface area (Å²) in [7, 11) is 0. The summed E-state index contributed by atoms with van der Waals surface area (Å²) in [5.41, 5.74) is 8.23. The Morgan fingerprint density at radius 3 is 2.47 bits per heavy atom. The average Bonchev–Trinajstić information content (AvgIpc) is 3.54. The maximum absolute atomic E-state index is 14.8. The van der Waals surface area contributed by atoms with Gasteiger partial charge in [0.25, 0.3) is 0 Å². The van der Waals surface area contributed by atoms with Crippen LogP contribution in [0.25, 0.3) is 27.5 Å². The van der Waals surface area contributed by atoms with Crippen molar-refractivity contribution in [2.45, 2.75) is 55.8 Å². The van der Waals surface area contributed by atoms with Crippen LogP contribution in [0.5, 0.6) is 0 Å². The van der Waals surface area contributed by atoms with E-state index >= 15 is 0 Å². The Morgan fingerprint density at radius 2 is 1.81 bits per heavy atom. The first kappa shape index (κ1) is 28.0. The second-order valence-electron chi connectivity index (χ2n) is 11.5. The van der Waals surface area contributed by atoms with E-state index in [-0.39, 0.29) is 11.5 Å².